The number of benzene rings is 6. The van der Waals surface area contributed by atoms with Gasteiger partial charge in [0.05, 0.1) is 0 Å². The SMILES string of the molecule is CC1(C)c2cc(-c3ccc(C4NC(c5ccccc5)=NC(c5ccccc5)N4)cc3)ccc2-c2cc3ccccc3cc21. The molecule has 0 radical (unpaired) electrons. The smallest absolute Gasteiger partial charge is 0.131 e. The van der Waals surface area contributed by atoms with Gasteiger partial charge in [0.25, 0.3) is 0 Å². The van der Waals surface area contributed by atoms with Crippen LogP contribution in [0, 0.1) is 0 Å². The standard InChI is InChI=1S/C40H33N3/c1-40(2)35-25-32(21-22-33(35)34-23-30-15-9-10-16-31(30)24-36(34)40)26-17-19-29(20-18-26)39-42-37(27-11-5-3-6-12-27)41-38(43-39)28-13-7-4-8-14-28/h3-25,37,39,42H,1-2H3,(H,41,43). The van der Waals surface area contributed by atoms with Crippen molar-refractivity contribution >= 4 is 16.6 Å². The summed E-state index contributed by atoms with van der Waals surface area (Å²) in [5.74, 6) is 0.898. The van der Waals surface area contributed by atoms with Crippen LogP contribution in [0.5, 0.6) is 0 Å². The zero-order valence-electron chi connectivity index (χ0n) is 24.4. The number of hydrogen-bond donors (Lipinski definition) is 2. The van der Waals surface area contributed by atoms with Crippen LogP contribution in [-0.2, 0) is 5.41 Å². The molecule has 1 aliphatic carbocycles. The number of nitrogens with one attached hydrogen (secondary N) is 2. The lowest BCUT2D eigenvalue weighted by Crippen LogP contribution is -2.44. The lowest BCUT2D eigenvalue weighted by Gasteiger charge is -2.32. The molecule has 0 bridgehead atoms. The molecule has 1 heterocycles. The van der Waals surface area contributed by atoms with Crippen molar-refractivity contribution in [3.05, 3.63) is 167 Å². The first-order valence-electron chi connectivity index (χ1n) is 15.0. The van der Waals surface area contributed by atoms with Crippen LogP contribution < -0.4 is 10.6 Å². The van der Waals surface area contributed by atoms with Crippen molar-refractivity contribution in [2.45, 2.75) is 31.6 Å². The van der Waals surface area contributed by atoms with Crippen LogP contribution in [0.15, 0.2) is 145 Å². The molecule has 2 atom stereocenters. The highest BCUT2D eigenvalue weighted by molar-refractivity contribution is 5.99. The van der Waals surface area contributed by atoms with Crippen LogP contribution in [-0.4, -0.2) is 5.84 Å². The van der Waals surface area contributed by atoms with E-state index in [-0.39, 0.29) is 17.7 Å². The summed E-state index contributed by atoms with van der Waals surface area (Å²) >= 11 is 0. The highest BCUT2D eigenvalue weighted by Gasteiger charge is 2.36. The predicted octanol–water partition coefficient (Wildman–Crippen LogP) is 9.15. The maximum Gasteiger partial charge on any atom is 0.131 e. The van der Waals surface area contributed by atoms with Crippen LogP contribution in [0.3, 0.4) is 0 Å². The van der Waals surface area contributed by atoms with E-state index in [1.54, 1.807) is 0 Å². The van der Waals surface area contributed by atoms with Gasteiger partial charge in [0.15, 0.2) is 0 Å². The van der Waals surface area contributed by atoms with Gasteiger partial charge in [-0.05, 0) is 73.5 Å². The summed E-state index contributed by atoms with van der Waals surface area (Å²) in [6.07, 6.45) is -0.214. The van der Waals surface area contributed by atoms with Gasteiger partial charge in [-0.1, -0.05) is 135 Å². The summed E-state index contributed by atoms with van der Waals surface area (Å²) < 4.78 is 0. The predicted molar refractivity (Wildman–Crippen MR) is 178 cm³/mol. The minimum Gasteiger partial charge on any atom is -0.350 e. The third kappa shape index (κ3) is 4.45. The van der Waals surface area contributed by atoms with Crippen LogP contribution in [0.2, 0.25) is 0 Å². The Bertz CT molecular complexity index is 1990. The Morgan fingerprint density at radius 1 is 0.535 bits per heavy atom. The molecule has 2 unspecified atom stereocenters. The Morgan fingerprint density at radius 2 is 1.16 bits per heavy atom. The summed E-state index contributed by atoms with van der Waals surface area (Å²) in [5, 5.41) is 9.97. The molecular formula is C40H33N3. The van der Waals surface area contributed by atoms with Gasteiger partial charge in [-0.25, -0.2) is 4.99 Å². The van der Waals surface area contributed by atoms with E-state index in [1.807, 2.05) is 12.1 Å². The highest BCUT2D eigenvalue weighted by Crippen LogP contribution is 2.50. The number of rotatable bonds is 4. The van der Waals surface area contributed by atoms with Gasteiger partial charge in [0.1, 0.15) is 18.2 Å². The van der Waals surface area contributed by atoms with E-state index in [2.05, 4.69) is 152 Å². The molecule has 8 rings (SSSR count). The lowest BCUT2D eigenvalue weighted by molar-refractivity contribution is 0.409. The second kappa shape index (κ2) is 10.1. The molecule has 43 heavy (non-hydrogen) atoms. The van der Waals surface area contributed by atoms with E-state index in [4.69, 9.17) is 4.99 Å². The van der Waals surface area contributed by atoms with Gasteiger partial charge in [-0.15, -0.1) is 0 Å². The minimum atomic E-state index is -0.139. The Balaban J connectivity index is 1.11. The second-order valence-corrected chi connectivity index (χ2v) is 12.2. The summed E-state index contributed by atoms with van der Waals surface area (Å²) in [5.41, 5.74) is 11.3. The fourth-order valence-electron chi connectivity index (χ4n) is 6.75. The van der Waals surface area contributed by atoms with E-state index in [0.717, 1.165) is 17.0 Å². The van der Waals surface area contributed by atoms with Crippen LogP contribution >= 0.6 is 0 Å². The van der Waals surface area contributed by atoms with Gasteiger partial charge in [0.2, 0.25) is 0 Å². The zero-order chi connectivity index (χ0) is 29.0. The first-order chi connectivity index (χ1) is 21.0. The second-order valence-electron chi connectivity index (χ2n) is 12.2. The third-order valence-corrected chi connectivity index (χ3v) is 9.15. The number of amidine groups is 1. The average Bonchev–Trinajstić information content (AvgIpc) is 3.29. The molecule has 0 saturated heterocycles. The molecule has 208 valence electrons. The Kier molecular flexibility index (Phi) is 6.02. The van der Waals surface area contributed by atoms with Crippen molar-refractivity contribution in [2.75, 3.05) is 0 Å². The summed E-state index contributed by atoms with van der Waals surface area (Å²) in [7, 11) is 0. The van der Waals surface area contributed by atoms with Crippen molar-refractivity contribution in [1.82, 2.24) is 10.6 Å². The highest BCUT2D eigenvalue weighted by atomic mass is 15.3. The van der Waals surface area contributed by atoms with E-state index in [1.165, 1.54) is 49.7 Å². The molecule has 6 aromatic carbocycles. The molecule has 0 spiro atoms. The number of hydrogen-bond acceptors (Lipinski definition) is 3. The van der Waals surface area contributed by atoms with Crippen LogP contribution in [0.4, 0.5) is 0 Å². The molecule has 2 aliphatic rings. The molecule has 6 aromatic rings. The molecular weight excluding hydrogens is 522 g/mol. The van der Waals surface area contributed by atoms with E-state index < -0.39 is 0 Å². The quantitative estimate of drug-likeness (QED) is 0.228. The van der Waals surface area contributed by atoms with E-state index >= 15 is 0 Å². The first kappa shape index (κ1) is 25.7. The van der Waals surface area contributed by atoms with Gasteiger partial charge >= 0.3 is 0 Å². The van der Waals surface area contributed by atoms with Gasteiger partial charge in [0, 0.05) is 11.0 Å². The van der Waals surface area contributed by atoms with Crippen molar-refractivity contribution in [3.8, 4) is 22.3 Å². The van der Waals surface area contributed by atoms with Crippen LogP contribution in [0.25, 0.3) is 33.0 Å². The molecule has 3 nitrogen and oxygen atoms in total. The first-order valence-corrected chi connectivity index (χ1v) is 15.0. The number of fused-ring (bicyclic) bond motifs is 4. The Labute approximate surface area is 253 Å². The van der Waals surface area contributed by atoms with Gasteiger partial charge < -0.3 is 5.32 Å². The van der Waals surface area contributed by atoms with Crippen LogP contribution in [0.1, 0.15) is 54.0 Å². The minimum absolute atomic E-state index is 0.0553. The Morgan fingerprint density at radius 3 is 1.91 bits per heavy atom. The molecule has 0 fully saturated rings. The fourth-order valence-corrected chi connectivity index (χ4v) is 6.75. The van der Waals surface area contributed by atoms with Gasteiger partial charge in [-0.2, -0.15) is 0 Å². The van der Waals surface area contributed by atoms with E-state index in [9.17, 15) is 0 Å². The van der Waals surface area contributed by atoms with Crippen molar-refractivity contribution in [1.29, 1.82) is 0 Å². The average molecular weight is 556 g/mol. The van der Waals surface area contributed by atoms with Crippen molar-refractivity contribution < 1.29 is 0 Å². The lowest BCUT2D eigenvalue weighted by atomic mass is 9.81. The molecule has 0 saturated carbocycles. The molecule has 0 amide bonds. The van der Waals surface area contributed by atoms with Gasteiger partial charge in [-0.3, -0.25) is 5.32 Å². The van der Waals surface area contributed by atoms with Crippen molar-refractivity contribution in [2.24, 2.45) is 4.99 Å². The monoisotopic (exact) mass is 555 g/mol. The third-order valence-electron chi connectivity index (χ3n) is 9.15. The molecule has 0 aromatic heterocycles. The fraction of sp³-hybridized carbons (Fsp3) is 0.125. The largest absolute Gasteiger partial charge is 0.350 e. The maximum absolute atomic E-state index is 5.04. The molecule has 3 heteroatoms. The normalized spacial score (nSPS) is 18.4. The molecule has 2 N–H and O–H groups in total. The summed E-state index contributed by atoms with van der Waals surface area (Å²) in [6.45, 7) is 4.71. The molecule has 1 aliphatic heterocycles. The van der Waals surface area contributed by atoms with E-state index in [0.29, 0.717) is 0 Å². The topological polar surface area (TPSA) is 36.4 Å². The number of nitrogens with zero attached hydrogens (tertiary/aromatic N) is 1. The summed E-state index contributed by atoms with van der Waals surface area (Å²) in [4.78, 5) is 5.04. The van der Waals surface area contributed by atoms with Crippen molar-refractivity contribution in [3.63, 3.8) is 0 Å². The Hall–Kier alpha value is -4.99. The maximum atomic E-state index is 5.04. The zero-order valence-corrected chi connectivity index (χ0v) is 24.4. The number of aliphatic imine (C=N–C) groups is 1. The summed E-state index contributed by atoms with van der Waals surface area (Å²) in [6, 6.07) is 50.2.